The average molecular weight is 368 g/mol. The first-order valence-corrected chi connectivity index (χ1v) is 9.76. The molecule has 1 fully saturated rings. The number of benzene rings is 1. The summed E-state index contributed by atoms with van der Waals surface area (Å²) in [7, 11) is 0. The van der Waals surface area contributed by atoms with E-state index in [4.69, 9.17) is 4.74 Å². The van der Waals surface area contributed by atoms with Gasteiger partial charge in [-0.2, -0.15) is 0 Å². The van der Waals surface area contributed by atoms with Crippen molar-refractivity contribution >= 4 is 11.7 Å². The maximum atomic E-state index is 12.4. The van der Waals surface area contributed by atoms with Crippen LogP contribution in [0.25, 0.3) is 0 Å². The minimum Gasteiger partial charge on any atom is -0.494 e. The number of nitrogens with one attached hydrogen (secondary N) is 1. The molecule has 3 rings (SSSR count). The maximum absolute atomic E-state index is 12.4. The summed E-state index contributed by atoms with van der Waals surface area (Å²) in [6, 6.07) is 9.24. The molecule has 0 aliphatic carbocycles. The Hall–Kier alpha value is -2.63. The molecule has 1 saturated heterocycles. The van der Waals surface area contributed by atoms with E-state index >= 15 is 0 Å². The van der Waals surface area contributed by atoms with Crippen molar-refractivity contribution < 1.29 is 9.53 Å². The highest BCUT2D eigenvalue weighted by molar-refractivity contribution is 5.94. The molecule has 1 aromatic carbocycles. The Morgan fingerprint density at radius 2 is 1.93 bits per heavy atom. The third kappa shape index (κ3) is 5.42. The van der Waals surface area contributed by atoms with Crippen LogP contribution < -0.4 is 15.0 Å². The summed E-state index contributed by atoms with van der Waals surface area (Å²) >= 11 is 0. The van der Waals surface area contributed by atoms with Gasteiger partial charge in [-0.25, -0.2) is 9.97 Å². The zero-order chi connectivity index (χ0) is 19.1. The van der Waals surface area contributed by atoms with E-state index in [0.29, 0.717) is 24.5 Å². The number of ether oxygens (including phenoxy) is 1. The van der Waals surface area contributed by atoms with Gasteiger partial charge in [0.05, 0.1) is 13.2 Å². The second-order valence-corrected chi connectivity index (χ2v) is 6.89. The predicted molar refractivity (Wildman–Crippen MR) is 106 cm³/mol. The maximum Gasteiger partial charge on any atom is 0.251 e. The van der Waals surface area contributed by atoms with Crippen LogP contribution in [0.15, 0.2) is 30.3 Å². The van der Waals surface area contributed by atoms with Gasteiger partial charge in [0.1, 0.15) is 17.4 Å². The Kier molecular flexibility index (Phi) is 6.63. The standard InChI is InChI=1S/C21H28N4O2/c1-3-4-13-27-18-9-7-17(8-10-18)21(26)22-15-19-23-16(2)14-20(24-19)25-11-5-6-12-25/h7-10,14H,3-6,11-13,15H2,1-2H3,(H,22,26). The molecule has 2 aromatic rings. The lowest BCUT2D eigenvalue weighted by molar-refractivity contribution is 0.0950. The molecule has 6 nitrogen and oxygen atoms in total. The van der Waals surface area contributed by atoms with Gasteiger partial charge in [0.2, 0.25) is 0 Å². The number of aryl methyl sites for hydroxylation is 1. The summed E-state index contributed by atoms with van der Waals surface area (Å²) in [5.41, 5.74) is 1.52. The van der Waals surface area contributed by atoms with Crippen molar-refractivity contribution in [2.45, 2.75) is 46.1 Å². The zero-order valence-corrected chi connectivity index (χ0v) is 16.2. The number of carbonyl (C=O) groups excluding carboxylic acids is 1. The highest BCUT2D eigenvalue weighted by Crippen LogP contribution is 2.18. The van der Waals surface area contributed by atoms with E-state index in [-0.39, 0.29) is 5.91 Å². The number of nitrogens with zero attached hydrogens (tertiary/aromatic N) is 3. The number of hydrogen-bond acceptors (Lipinski definition) is 5. The van der Waals surface area contributed by atoms with Crippen LogP contribution in [0.2, 0.25) is 0 Å². The molecule has 0 saturated carbocycles. The zero-order valence-electron chi connectivity index (χ0n) is 16.2. The summed E-state index contributed by atoms with van der Waals surface area (Å²) in [5, 5.41) is 2.91. The molecule has 1 amide bonds. The van der Waals surface area contributed by atoms with Crippen molar-refractivity contribution in [3.8, 4) is 5.75 Å². The molecule has 0 spiro atoms. The van der Waals surface area contributed by atoms with Crippen molar-refractivity contribution in [3.05, 3.63) is 47.4 Å². The third-order valence-electron chi connectivity index (χ3n) is 4.61. The molecule has 2 heterocycles. The van der Waals surface area contributed by atoms with E-state index in [2.05, 4.69) is 27.1 Å². The second-order valence-electron chi connectivity index (χ2n) is 6.89. The Morgan fingerprint density at radius 3 is 2.63 bits per heavy atom. The van der Waals surface area contributed by atoms with E-state index < -0.39 is 0 Å². The highest BCUT2D eigenvalue weighted by atomic mass is 16.5. The molecule has 1 aliphatic heterocycles. The third-order valence-corrected chi connectivity index (χ3v) is 4.61. The Bertz CT molecular complexity index is 755. The summed E-state index contributed by atoms with van der Waals surface area (Å²) in [4.78, 5) is 23.7. The second kappa shape index (κ2) is 9.35. The van der Waals surface area contributed by atoms with Crippen LogP contribution in [0.4, 0.5) is 5.82 Å². The first-order valence-electron chi connectivity index (χ1n) is 9.76. The summed E-state index contributed by atoms with van der Waals surface area (Å²) in [5.74, 6) is 2.25. The van der Waals surface area contributed by atoms with Crippen LogP contribution in [-0.2, 0) is 6.54 Å². The number of unbranched alkanes of at least 4 members (excludes halogenated alkanes) is 1. The largest absolute Gasteiger partial charge is 0.494 e. The van der Waals surface area contributed by atoms with Crippen molar-refractivity contribution in [1.29, 1.82) is 0 Å². The normalized spacial score (nSPS) is 13.6. The molecule has 144 valence electrons. The van der Waals surface area contributed by atoms with Crippen LogP contribution in [0, 0.1) is 6.92 Å². The van der Waals surface area contributed by atoms with Crippen molar-refractivity contribution in [2.75, 3.05) is 24.6 Å². The topological polar surface area (TPSA) is 67.3 Å². The van der Waals surface area contributed by atoms with Crippen molar-refractivity contribution in [3.63, 3.8) is 0 Å². The van der Waals surface area contributed by atoms with Gasteiger partial charge in [0.25, 0.3) is 5.91 Å². The number of aromatic nitrogens is 2. The van der Waals surface area contributed by atoms with E-state index in [1.165, 1.54) is 12.8 Å². The van der Waals surface area contributed by atoms with E-state index in [1.807, 2.05) is 25.1 Å². The van der Waals surface area contributed by atoms with E-state index in [1.54, 1.807) is 12.1 Å². The van der Waals surface area contributed by atoms with Crippen LogP contribution >= 0.6 is 0 Å². The van der Waals surface area contributed by atoms with Crippen LogP contribution in [0.3, 0.4) is 0 Å². The molecule has 27 heavy (non-hydrogen) atoms. The molecule has 1 aromatic heterocycles. The molecule has 0 atom stereocenters. The first-order chi connectivity index (χ1) is 13.2. The van der Waals surface area contributed by atoms with Gasteiger partial charge in [-0.3, -0.25) is 4.79 Å². The lowest BCUT2D eigenvalue weighted by atomic mass is 10.2. The number of amides is 1. The summed E-state index contributed by atoms with van der Waals surface area (Å²) in [6.07, 6.45) is 4.53. The molecule has 0 bridgehead atoms. The minimum atomic E-state index is -0.136. The van der Waals surface area contributed by atoms with E-state index in [9.17, 15) is 4.79 Å². The minimum absolute atomic E-state index is 0.136. The van der Waals surface area contributed by atoms with Gasteiger partial charge in [0.15, 0.2) is 0 Å². The molecule has 0 radical (unpaired) electrons. The fourth-order valence-corrected chi connectivity index (χ4v) is 3.10. The lowest BCUT2D eigenvalue weighted by Crippen LogP contribution is -2.25. The summed E-state index contributed by atoms with van der Waals surface area (Å²) < 4.78 is 5.63. The van der Waals surface area contributed by atoms with Gasteiger partial charge in [-0.1, -0.05) is 13.3 Å². The van der Waals surface area contributed by atoms with Crippen molar-refractivity contribution in [1.82, 2.24) is 15.3 Å². The molecule has 1 N–H and O–H groups in total. The van der Waals surface area contributed by atoms with Crippen LogP contribution in [-0.4, -0.2) is 35.6 Å². The summed E-state index contributed by atoms with van der Waals surface area (Å²) in [6.45, 7) is 7.18. The van der Waals surface area contributed by atoms with Crippen LogP contribution in [0.5, 0.6) is 5.75 Å². The van der Waals surface area contributed by atoms with Crippen LogP contribution in [0.1, 0.15) is 54.5 Å². The number of hydrogen-bond donors (Lipinski definition) is 1. The smallest absolute Gasteiger partial charge is 0.251 e. The Balaban J connectivity index is 1.57. The molecule has 1 aliphatic rings. The van der Waals surface area contributed by atoms with Gasteiger partial charge in [-0.15, -0.1) is 0 Å². The molecule has 6 heteroatoms. The monoisotopic (exact) mass is 368 g/mol. The fraction of sp³-hybridized carbons (Fsp3) is 0.476. The number of anilines is 1. The van der Waals surface area contributed by atoms with E-state index in [0.717, 1.165) is 43.2 Å². The molecular weight excluding hydrogens is 340 g/mol. The quantitative estimate of drug-likeness (QED) is 0.723. The lowest BCUT2D eigenvalue weighted by Gasteiger charge is -2.17. The number of rotatable bonds is 8. The van der Waals surface area contributed by atoms with Crippen molar-refractivity contribution in [2.24, 2.45) is 0 Å². The van der Waals surface area contributed by atoms with Gasteiger partial charge in [-0.05, 0) is 50.5 Å². The van der Waals surface area contributed by atoms with Gasteiger partial charge >= 0.3 is 0 Å². The average Bonchev–Trinajstić information content (AvgIpc) is 3.21. The van der Waals surface area contributed by atoms with Gasteiger partial charge < -0.3 is 15.0 Å². The number of carbonyl (C=O) groups is 1. The fourth-order valence-electron chi connectivity index (χ4n) is 3.10. The molecule has 0 unspecified atom stereocenters. The highest BCUT2D eigenvalue weighted by Gasteiger charge is 2.15. The Labute approximate surface area is 161 Å². The molecular formula is C21H28N4O2. The SMILES string of the molecule is CCCCOc1ccc(C(=O)NCc2nc(C)cc(N3CCCC3)n2)cc1. The predicted octanol–water partition coefficient (Wildman–Crippen LogP) is 3.49. The first kappa shape index (κ1) is 19.1. The Morgan fingerprint density at radius 1 is 1.19 bits per heavy atom. The van der Waals surface area contributed by atoms with Gasteiger partial charge in [0, 0.05) is 30.4 Å².